The predicted octanol–water partition coefficient (Wildman–Crippen LogP) is -9.89. The number of hydrogen-bond donors (Lipinski definition) is 14. The van der Waals surface area contributed by atoms with E-state index in [4.69, 9.17) is 57.1 Å². The van der Waals surface area contributed by atoms with E-state index in [0.717, 1.165) is 0 Å². The summed E-state index contributed by atoms with van der Waals surface area (Å²) in [5.41, 5.74) is 29.6. The van der Waals surface area contributed by atoms with Crippen LogP contribution < -0.4 is 28.7 Å². The molecule has 4 rings (SSSR count). The van der Waals surface area contributed by atoms with E-state index in [1.54, 1.807) is 0 Å². The number of aliphatic hydroxyl groups is 9. The van der Waals surface area contributed by atoms with Crippen molar-refractivity contribution in [3.05, 3.63) is 0 Å². The summed E-state index contributed by atoms with van der Waals surface area (Å²) in [4.78, 5) is 0. The quantitative estimate of drug-likeness (QED) is 0.112. The molecule has 20 nitrogen and oxygen atoms in total. The van der Waals surface area contributed by atoms with Crippen LogP contribution in [0.15, 0.2) is 0 Å². The lowest BCUT2D eigenvalue weighted by Gasteiger charge is -2.48. The average Bonchev–Trinajstić information content (AvgIpc) is 3.29. The number of aliphatic hydroxyl groups excluding tert-OH is 9. The SMILES string of the molecule is NC[C@@H]1O[C@H](O[C@H]2[C@H](O)[C@@H](O[C@@H]3[C@@H](O)[C@H](N)[C@@H](O)[C@H](N)[C@H]3O[C@H]3O[C@@H](CO)[C@H](O)[C@@H](O)[C@@H]3N)O[C@@H]2CO)[C@@H](N)[C@H](O)[C@H]1O. The topological polar surface area (TPSA) is 368 Å². The summed E-state index contributed by atoms with van der Waals surface area (Å²) >= 11 is 0. The highest BCUT2D eigenvalue weighted by atomic mass is 16.8. The van der Waals surface area contributed by atoms with Crippen LogP contribution in [0.2, 0.25) is 0 Å². The molecule has 19 N–H and O–H groups in total. The molecule has 0 aromatic heterocycles. The van der Waals surface area contributed by atoms with Gasteiger partial charge in [-0.2, -0.15) is 0 Å². The van der Waals surface area contributed by atoms with Crippen LogP contribution >= 0.6 is 0 Å². The lowest BCUT2D eigenvalue weighted by molar-refractivity contribution is -0.315. The Balaban J connectivity index is 1.52. The van der Waals surface area contributed by atoms with Gasteiger partial charge < -0.3 is 103 Å². The molecule has 4 aliphatic rings. The maximum absolute atomic E-state index is 11.1. The van der Waals surface area contributed by atoms with Crippen LogP contribution in [0.1, 0.15) is 0 Å². The second kappa shape index (κ2) is 14.3. The molecule has 4 fully saturated rings. The van der Waals surface area contributed by atoms with Crippen LogP contribution in [0.4, 0.5) is 0 Å². The number of hydrogen-bond acceptors (Lipinski definition) is 20. The Labute approximate surface area is 245 Å². The fourth-order valence-corrected chi connectivity index (χ4v) is 5.70. The van der Waals surface area contributed by atoms with Crippen molar-refractivity contribution in [2.45, 2.75) is 122 Å². The van der Waals surface area contributed by atoms with E-state index >= 15 is 0 Å². The highest BCUT2D eigenvalue weighted by Crippen LogP contribution is 2.34. The van der Waals surface area contributed by atoms with Crippen LogP contribution in [0.25, 0.3) is 0 Å². The van der Waals surface area contributed by atoms with Crippen LogP contribution in [0.5, 0.6) is 0 Å². The first-order valence-corrected chi connectivity index (χ1v) is 13.9. The molecule has 252 valence electrons. The van der Waals surface area contributed by atoms with Crippen LogP contribution in [0.3, 0.4) is 0 Å². The first-order valence-electron chi connectivity index (χ1n) is 13.9. The fraction of sp³-hybridized carbons (Fsp3) is 1.00. The monoisotopic (exact) mass is 631 g/mol. The standard InChI is InChI=1S/C23H45N5O15/c24-1-4-11(31)14(34)9(27)21(38-4)41-18-6(3-30)40-23(17(18)37)43-20-16(36)7(25)13(33)8(26)19(20)42-22-10(28)15(35)12(32)5(2-29)39-22/h4-23,29-37H,1-3,24-28H2/t4-,5-,6+,7+,8-,9-,10-,11-,12-,13+,14-,15-,16-,17-,18+,19+,20+,21+,22+,23+/m0/s1. The van der Waals surface area contributed by atoms with Crippen molar-refractivity contribution < 1.29 is 74.4 Å². The molecule has 3 heterocycles. The Bertz CT molecular complexity index is 898. The molecule has 1 saturated carbocycles. The van der Waals surface area contributed by atoms with E-state index in [9.17, 15) is 46.0 Å². The maximum atomic E-state index is 11.1. The molecule has 43 heavy (non-hydrogen) atoms. The minimum absolute atomic E-state index is 0.194. The van der Waals surface area contributed by atoms with Crippen molar-refractivity contribution in [3.8, 4) is 0 Å². The Hall–Kier alpha value is -0.800. The van der Waals surface area contributed by atoms with Gasteiger partial charge in [0.15, 0.2) is 18.9 Å². The molecule has 0 bridgehead atoms. The molecule has 3 aliphatic heterocycles. The Kier molecular flexibility index (Phi) is 11.7. The van der Waals surface area contributed by atoms with E-state index in [-0.39, 0.29) is 6.54 Å². The van der Waals surface area contributed by atoms with Crippen LogP contribution in [-0.4, -0.2) is 188 Å². The van der Waals surface area contributed by atoms with Gasteiger partial charge in [-0.1, -0.05) is 0 Å². The summed E-state index contributed by atoms with van der Waals surface area (Å²) in [7, 11) is 0. The summed E-state index contributed by atoms with van der Waals surface area (Å²) in [6, 6.07) is -5.38. The molecule has 20 heteroatoms. The third-order valence-corrected chi connectivity index (χ3v) is 8.48. The summed E-state index contributed by atoms with van der Waals surface area (Å²) in [5.74, 6) is 0. The zero-order valence-electron chi connectivity index (χ0n) is 23.0. The van der Waals surface area contributed by atoms with E-state index < -0.39 is 136 Å². The van der Waals surface area contributed by atoms with E-state index in [0.29, 0.717) is 0 Å². The minimum atomic E-state index is -1.69. The van der Waals surface area contributed by atoms with E-state index in [2.05, 4.69) is 0 Å². The predicted molar refractivity (Wildman–Crippen MR) is 138 cm³/mol. The summed E-state index contributed by atoms with van der Waals surface area (Å²) < 4.78 is 34.1. The van der Waals surface area contributed by atoms with E-state index in [1.165, 1.54) is 0 Å². The largest absolute Gasteiger partial charge is 0.394 e. The molecule has 0 amide bonds. The average molecular weight is 632 g/mol. The van der Waals surface area contributed by atoms with Crippen molar-refractivity contribution in [3.63, 3.8) is 0 Å². The summed E-state index contributed by atoms with van der Waals surface area (Å²) in [6.07, 6.45) is -23.5. The smallest absolute Gasteiger partial charge is 0.187 e. The van der Waals surface area contributed by atoms with Crippen molar-refractivity contribution in [2.75, 3.05) is 19.8 Å². The molecule has 0 radical (unpaired) electrons. The lowest BCUT2D eigenvalue weighted by atomic mass is 9.82. The van der Waals surface area contributed by atoms with Gasteiger partial charge in [0, 0.05) is 6.54 Å². The highest BCUT2D eigenvalue weighted by molar-refractivity contribution is 5.06. The van der Waals surface area contributed by atoms with Gasteiger partial charge in [0.05, 0.1) is 43.5 Å². The van der Waals surface area contributed by atoms with Gasteiger partial charge in [0.2, 0.25) is 0 Å². The summed E-state index contributed by atoms with van der Waals surface area (Å²) in [6.45, 7) is -1.60. The molecule has 0 aromatic carbocycles. The van der Waals surface area contributed by atoms with Crippen molar-refractivity contribution in [2.24, 2.45) is 28.7 Å². The van der Waals surface area contributed by atoms with Crippen molar-refractivity contribution in [1.82, 2.24) is 0 Å². The van der Waals surface area contributed by atoms with Crippen LogP contribution in [0, 0.1) is 0 Å². The molecule has 0 spiro atoms. The number of nitrogens with two attached hydrogens (primary N) is 5. The second-order valence-corrected chi connectivity index (χ2v) is 11.3. The Morgan fingerprint density at radius 2 is 0.907 bits per heavy atom. The highest BCUT2D eigenvalue weighted by Gasteiger charge is 2.56. The van der Waals surface area contributed by atoms with Crippen molar-refractivity contribution in [1.29, 1.82) is 0 Å². The molecular weight excluding hydrogens is 586 g/mol. The van der Waals surface area contributed by atoms with Gasteiger partial charge >= 0.3 is 0 Å². The van der Waals surface area contributed by atoms with Gasteiger partial charge in [0.1, 0.15) is 73.2 Å². The number of rotatable bonds is 9. The fourth-order valence-electron chi connectivity index (χ4n) is 5.70. The number of ether oxygens (including phenoxy) is 6. The normalized spacial score (nSPS) is 54.6. The molecule has 20 atom stereocenters. The van der Waals surface area contributed by atoms with Gasteiger partial charge in [-0.05, 0) is 0 Å². The third-order valence-electron chi connectivity index (χ3n) is 8.48. The zero-order valence-corrected chi connectivity index (χ0v) is 23.0. The van der Waals surface area contributed by atoms with Gasteiger partial charge in [-0.15, -0.1) is 0 Å². The van der Waals surface area contributed by atoms with Crippen molar-refractivity contribution >= 4 is 0 Å². The Morgan fingerprint density at radius 1 is 0.442 bits per heavy atom. The Morgan fingerprint density at radius 3 is 1.44 bits per heavy atom. The van der Waals surface area contributed by atoms with Gasteiger partial charge in [0.25, 0.3) is 0 Å². The molecular formula is C23H45N5O15. The summed E-state index contributed by atoms with van der Waals surface area (Å²) in [5, 5.41) is 92.9. The molecule has 1 aliphatic carbocycles. The van der Waals surface area contributed by atoms with Gasteiger partial charge in [-0.3, -0.25) is 0 Å². The molecule has 0 aromatic rings. The van der Waals surface area contributed by atoms with Crippen LogP contribution in [-0.2, 0) is 28.4 Å². The minimum Gasteiger partial charge on any atom is -0.394 e. The molecule has 0 unspecified atom stereocenters. The first kappa shape index (κ1) is 35.1. The van der Waals surface area contributed by atoms with E-state index in [1.807, 2.05) is 0 Å². The third kappa shape index (κ3) is 6.70. The molecule has 3 saturated heterocycles. The zero-order chi connectivity index (χ0) is 31.9. The lowest BCUT2D eigenvalue weighted by Crippen LogP contribution is -2.72. The maximum Gasteiger partial charge on any atom is 0.187 e. The van der Waals surface area contributed by atoms with Gasteiger partial charge in [-0.25, -0.2) is 0 Å². The first-order chi connectivity index (χ1) is 20.3. The second-order valence-electron chi connectivity index (χ2n) is 11.3.